The number of carbonyl (C=O) groups is 3. The number of thiophene rings is 2. The van der Waals surface area contributed by atoms with E-state index in [0.29, 0.717) is 17.1 Å². The van der Waals surface area contributed by atoms with Gasteiger partial charge < -0.3 is 15.4 Å². The van der Waals surface area contributed by atoms with Crippen LogP contribution in [-0.2, 0) is 14.3 Å². The monoisotopic (exact) mass is 364 g/mol. The van der Waals surface area contributed by atoms with E-state index >= 15 is 0 Å². The smallest absolute Gasteiger partial charge is 0.342 e. The number of ether oxygens (including phenoxy) is 1. The number of nitrogens with one attached hydrogen (secondary N) is 2. The van der Waals surface area contributed by atoms with E-state index in [0.717, 1.165) is 4.88 Å². The second kappa shape index (κ2) is 8.42. The van der Waals surface area contributed by atoms with Gasteiger partial charge in [0.1, 0.15) is 10.6 Å². The summed E-state index contributed by atoms with van der Waals surface area (Å²) in [6.07, 6.45) is 1.53. The van der Waals surface area contributed by atoms with Crippen LogP contribution in [0.5, 0.6) is 0 Å². The summed E-state index contributed by atoms with van der Waals surface area (Å²) in [7, 11) is 0. The zero-order valence-electron chi connectivity index (χ0n) is 13.0. The first-order valence-electron chi connectivity index (χ1n) is 7.00. The van der Waals surface area contributed by atoms with Crippen molar-refractivity contribution >= 4 is 45.5 Å². The summed E-state index contributed by atoms with van der Waals surface area (Å²) in [5, 5.41) is 9.23. The molecule has 0 spiro atoms. The molecule has 6 nitrogen and oxygen atoms in total. The van der Waals surface area contributed by atoms with Gasteiger partial charge in [-0.05, 0) is 11.4 Å². The molecule has 2 rings (SSSR count). The molecule has 2 heterocycles. The van der Waals surface area contributed by atoms with Crippen LogP contribution in [0.4, 0.5) is 5.00 Å². The molecular formula is C16H16N2O4S2. The molecule has 0 atom stereocenters. The van der Waals surface area contributed by atoms with Crippen molar-refractivity contribution in [3.8, 4) is 10.4 Å². The fraction of sp³-hybridized carbons (Fsp3) is 0.188. The summed E-state index contributed by atoms with van der Waals surface area (Å²) in [4.78, 5) is 36.2. The van der Waals surface area contributed by atoms with Gasteiger partial charge in [0.05, 0.1) is 0 Å². The topological polar surface area (TPSA) is 84.5 Å². The molecule has 0 aromatic carbocycles. The third kappa shape index (κ3) is 4.53. The highest BCUT2D eigenvalue weighted by Gasteiger charge is 2.23. The van der Waals surface area contributed by atoms with Crippen LogP contribution < -0.4 is 10.6 Å². The molecular weight excluding hydrogens is 348 g/mol. The van der Waals surface area contributed by atoms with Crippen LogP contribution in [-0.4, -0.2) is 30.9 Å². The maximum Gasteiger partial charge on any atom is 0.342 e. The van der Waals surface area contributed by atoms with Crippen molar-refractivity contribution in [1.29, 1.82) is 0 Å². The second-order valence-corrected chi connectivity index (χ2v) is 6.51. The second-order valence-electron chi connectivity index (χ2n) is 4.68. The zero-order valence-corrected chi connectivity index (χ0v) is 14.6. The van der Waals surface area contributed by atoms with E-state index in [1.807, 2.05) is 17.5 Å². The lowest BCUT2D eigenvalue weighted by Gasteiger charge is -2.08. The first-order valence-corrected chi connectivity index (χ1v) is 8.76. The maximum atomic E-state index is 12.4. The standard InChI is InChI=1S/C16H16N2O4S2/c1-3-6-17-13(20)8-22-16(21)14-11(12-5-4-7-23-12)9-24-15(14)18-10(2)19/h3-5,7,9H,1,6,8H2,2H3,(H,17,20)(H,18,19). The van der Waals surface area contributed by atoms with E-state index in [2.05, 4.69) is 17.2 Å². The molecule has 8 heteroatoms. The molecule has 0 saturated heterocycles. The van der Waals surface area contributed by atoms with Gasteiger partial charge >= 0.3 is 5.97 Å². The summed E-state index contributed by atoms with van der Waals surface area (Å²) in [5.41, 5.74) is 0.935. The minimum atomic E-state index is -0.655. The highest BCUT2D eigenvalue weighted by atomic mass is 32.1. The number of carbonyl (C=O) groups excluding carboxylic acids is 3. The quantitative estimate of drug-likeness (QED) is 0.584. The van der Waals surface area contributed by atoms with Crippen LogP contribution in [0.2, 0.25) is 0 Å². The molecule has 24 heavy (non-hydrogen) atoms. The van der Waals surface area contributed by atoms with Crippen molar-refractivity contribution in [3.63, 3.8) is 0 Å². The largest absolute Gasteiger partial charge is 0.452 e. The molecule has 0 fully saturated rings. The van der Waals surface area contributed by atoms with E-state index in [9.17, 15) is 14.4 Å². The van der Waals surface area contributed by atoms with E-state index in [1.165, 1.54) is 35.7 Å². The van der Waals surface area contributed by atoms with Gasteiger partial charge in [-0.15, -0.1) is 29.3 Å². The fourth-order valence-corrected chi connectivity index (χ4v) is 3.68. The third-order valence-electron chi connectivity index (χ3n) is 2.85. The lowest BCUT2D eigenvalue weighted by atomic mass is 10.1. The number of esters is 1. The van der Waals surface area contributed by atoms with Gasteiger partial charge in [0.25, 0.3) is 5.91 Å². The molecule has 2 N–H and O–H groups in total. The average molecular weight is 364 g/mol. The Labute approximate surface area is 147 Å². The Bertz CT molecular complexity index is 750. The van der Waals surface area contributed by atoms with Crippen LogP contribution in [0.15, 0.2) is 35.5 Å². The average Bonchev–Trinajstić information content (AvgIpc) is 3.19. The van der Waals surface area contributed by atoms with Crippen LogP contribution >= 0.6 is 22.7 Å². The minimum Gasteiger partial charge on any atom is -0.452 e. The van der Waals surface area contributed by atoms with Gasteiger partial charge in [-0.3, -0.25) is 9.59 Å². The highest BCUT2D eigenvalue weighted by Crippen LogP contribution is 2.38. The predicted molar refractivity (Wildman–Crippen MR) is 95.4 cm³/mol. The number of hydrogen-bond donors (Lipinski definition) is 2. The summed E-state index contributed by atoms with van der Waals surface area (Å²) in [5.74, 6) is -1.36. The number of rotatable bonds is 7. The van der Waals surface area contributed by atoms with E-state index in [4.69, 9.17) is 4.74 Å². The van der Waals surface area contributed by atoms with E-state index in [-0.39, 0.29) is 11.5 Å². The minimum absolute atomic E-state index is 0.258. The van der Waals surface area contributed by atoms with Crippen molar-refractivity contribution in [3.05, 3.63) is 41.1 Å². The molecule has 0 bridgehead atoms. The van der Waals surface area contributed by atoms with Gasteiger partial charge in [0, 0.05) is 29.3 Å². The van der Waals surface area contributed by atoms with Gasteiger partial charge in [-0.2, -0.15) is 0 Å². The fourth-order valence-electron chi connectivity index (χ4n) is 1.87. The lowest BCUT2D eigenvalue weighted by Crippen LogP contribution is -2.28. The molecule has 2 aromatic heterocycles. The molecule has 0 aliphatic carbocycles. The molecule has 0 aliphatic rings. The first-order chi connectivity index (χ1) is 11.5. The van der Waals surface area contributed by atoms with Gasteiger partial charge in [-0.1, -0.05) is 12.1 Å². The van der Waals surface area contributed by atoms with Crippen molar-refractivity contribution in [2.75, 3.05) is 18.5 Å². The predicted octanol–water partition coefficient (Wildman–Crippen LogP) is 2.89. The molecule has 0 saturated carbocycles. The number of anilines is 1. The number of hydrogen-bond acceptors (Lipinski definition) is 6. The van der Waals surface area contributed by atoms with Gasteiger partial charge in [0.15, 0.2) is 6.61 Å². The van der Waals surface area contributed by atoms with Crippen LogP contribution in [0, 0.1) is 0 Å². The van der Waals surface area contributed by atoms with Crippen LogP contribution in [0.3, 0.4) is 0 Å². The molecule has 2 amide bonds. The van der Waals surface area contributed by atoms with Crippen molar-refractivity contribution in [1.82, 2.24) is 5.32 Å². The zero-order chi connectivity index (χ0) is 17.5. The molecule has 126 valence electrons. The van der Waals surface area contributed by atoms with E-state index in [1.54, 1.807) is 5.38 Å². The van der Waals surface area contributed by atoms with Crippen molar-refractivity contribution in [2.24, 2.45) is 0 Å². The summed E-state index contributed by atoms with van der Waals surface area (Å²) in [6.45, 7) is 4.75. The van der Waals surface area contributed by atoms with Gasteiger partial charge in [-0.25, -0.2) is 4.79 Å². The Kier molecular flexibility index (Phi) is 6.28. The summed E-state index contributed by atoms with van der Waals surface area (Å²) >= 11 is 2.71. The molecule has 0 aliphatic heterocycles. The first kappa shape index (κ1) is 17.9. The summed E-state index contributed by atoms with van der Waals surface area (Å²) in [6, 6.07) is 3.74. The molecule has 2 aromatic rings. The summed E-state index contributed by atoms with van der Waals surface area (Å²) < 4.78 is 5.08. The highest BCUT2D eigenvalue weighted by molar-refractivity contribution is 7.17. The van der Waals surface area contributed by atoms with Crippen molar-refractivity contribution < 1.29 is 19.1 Å². The Hall–Kier alpha value is -2.45. The van der Waals surface area contributed by atoms with Crippen LogP contribution in [0.25, 0.3) is 10.4 Å². The maximum absolute atomic E-state index is 12.4. The Morgan fingerprint density at radius 2 is 2.12 bits per heavy atom. The molecule has 0 radical (unpaired) electrons. The lowest BCUT2D eigenvalue weighted by molar-refractivity contribution is -0.124. The van der Waals surface area contributed by atoms with Crippen LogP contribution in [0.1, 0.15) is 17.3 Å². The van der Waals surface area contributed by atoms with E-state index < -0.39 is 18.5 Å². The Morgan fingerprint density at radius 1 is 1.33 bits per heavy atom. The number of amides is 2. The Balaban J connectivity index is 2.20. The van der Waals surface area contributed by atoms with Gasteiger partial charge in [0.2, 0.25) is 5.91 Å². The Morgan fingerprint density at radius 3 is 2.75 bits per heavy atom. The van der Waals surface area contributed by atoms with Crippen molar-refractivity contribution in [2.45, 2.75) is 6.92 Å². The third-order valence-corrected chi connectivity index (χ3v) is 4.65. The normalized spacial score (nSPS) is 10.0. The molecule has 0 unspecified atom stereocenters. The SMILES string of the molecule is C=CCNC(=O)COC(=O)c1c(-c2cccs2)csc1NC(C)=O.